The topological polar surface area (TPSA) is 17.1 Å². The van der Waals surface area contributed by atoms with Crippen LogP contribution in [0.15, 0.2) is 91.0 Å². The van der Waals surface area contributed by atoms with Crippen LogP contribution >= 0.6 is 7.14 Å². The van der Waals surface area contributed by atoms with E-state index in [1.807, 2.05) is 36.4 Å². The van der Waals surface area contributed by atoms with Gasteiger partial charge in [-0.3, -0.25) is 0 Å². The molecule has 0 radical (unpaired) electrons. The van der Waals surface area contributed by atoms with Crippen LogP contribution < -0.4 is 15.9 Å². The van der Waals surface area contributed by atoms with Gasteiger partial charge >= 0.3 is 6.18 Å². The summed E-state index contributed by atoms with van der Waals surface area (Å²) in [6.07, 6.45) is -4.79. The highest BCUT2D eigenvalue weighted by molar-refractivity contribution is 7.85. The monoisotopic (exact) mass is 520 g/mol. The Bertz CT molecular complexity index is 1870. The van der Waals surface area contributed by atoms with E-state index in [-0.39, 0.29) is 10.6 Å². The number of rotatable bonds is 3. The van der Waals surface area contributed by atoms with Crippen LogP contribution in [0.25, 0.3) is 32.3 Å². The molecule has 0 aliphatic rings. The molecule has 0 heterocycles. The molecule has 0 saturated heterocycles. The quantitative estimate of drug-likeness (QED) is 0.132. The summed E-state index contributed by atoms with van der Waals surface area (Å²) in [6, 6.07) is 22.6. The molecule has 1 unspecified atom stereocenters. The lowest BCUT2D eigenvalue weighted by Crippen LogP contribution is -2.30. The summed E-state index contributed by atoms with van der Waals surface area (Å²) >= 11 is 0. The largest absolute Gasteiger partial charge is 0.416 e. The third-order valence-electron chi connectivity index (χ3n) is 6.90. The Balaban J connectivity index is 1.75. The number of alkyl halides is 3. The lowest BCUT2D eigenvalue weighted by Gasteiger charge is -2.24. The van der Waals surface area contributed by atoms with Gasteiger partial charge in [-0.1, -0.05) is 54.6 Å². The summed E-state index contributed by atoms with van der Waals surface area (Å²) in [6.45, 7) is 1.66. The van der Waals surface area contributed by atoms with Gasteiger partial charge in [0.1, 0.15) is 11.6 Å². The predicted molar refractivity (Wildman–Crippen MR) is 139 cm³/mol. The molecule has 0 fully saturated rings. The van der Waals surface area contributed by atoms with E-state index in [0.717, 1.165) is 33.0 Å². The highest BCUT2D eigenvalue weighted by atomic mass is 31.2. The zero-order chi connectivity index (χ0) is 26.1. The van der Waals surface area contributed by atoms with Gasteiger partial charge in [0.25, 0.3) is 0 Å². The molecule has 0 N–H and O–H groups in total. The summed E-state index contributed by atoms with van der Waals surface area (Å²) in [4.78, 5) is 0. The molecule has 1 atom stereocenters. The van der Waals surface area contributed by atoms with Crippen molar-refractivity contribution in [2.45, 2.75) is 13.1 Å². The van der Waals surface area contributed by atoms with Gasteiger partial charge in [0.15, 0.2) is 7.14 Å². The van der Waals surface area contributed by atoms with Gasteiger partial charge in [-0.2, -0.15) is 13.2 Å². The van der Waals surface area contributed by atoms with E-state index in [0.29, 0.717) is 23.1 Å². The fourth-order valence-electron chi connectivity index (χ4n) is 5.19. The smallest absolute Gasteiger partial charge is 0.308 e. The second-order valence-corrected chi connectivity index (χ2v) is 11.8. The van der Waals surface area contributed by atoms with Gasteiger partial charge in [0.05, 0.1) is 16.2 Å². The Morgan fingerprint density at radius 2 is 1.16 bits per heavy atom. The van der Waals surface area contributed by atoms with E-state index in [1.165, 1.54) is 12.1 Å². The van der Waals surface area contributed by atoms with Crippen molar-refractivity contribution >= 4 is 55.4 Å². The maximum atomic E-state index is 15.5. The molecular weight excluding hydrogens is 502 g/mol. The van der Waals surface area contributed by atoms with E-state index in [9.17, 15) is 13.2 Å². The first-order valence-electron chi connectivity index (χ1n) is 11.5. The van der Waals surface area contributed by atoms with Gasteiger partial charge in [-0.15, -0.1) is 0 Å². The molecule has 0 saturated carbocycles. The van der Waals surface area contributed by atoms with Crippen LogP contribution in [0.3, 0.4) is 0 Å². The first kappa shape index (κ1) is 23.6. The highest BCUT2D eigenvalue weighted by Crippen LogP contribution is 2.48. The third kappa shape index (κ3) is 3.54. The van der Waals surface area contributed by atoms with Crippen molar-refractivity contribution in [1.82, 2.24) is 0 Å². The van der Waals surface area contributed by atoms with Crippen molar-refractivity contribution in [3.05, 3.63) is 114 Å². The standard InChI is InChI=1S/C30H18F5OP/c1-17-5-12-26(23(31)15-17)37(36,27-14-10-21(16-24(27)32)30(33,34)35)25-13-9-20-7-6-18-3-2-4-19-8-11-22(25)29(20)28(18)19/h2-16H,1H3. The molecule has 37 heavy (non-hydrogen) atoms. The molecule has 6 aromatic rings. The molecule has 0 aliphatic carbocycles. The summed E-state index contributed by atoms with van der Waals surface area (Å²) in [5, 5.41) is 4.42. The highest BCUT2D eigenvalue weighted by Gasteiger charge is 2.39. The number of aryl methyl sites for hydroxylation is 1. The SMILES string of the molecule is Cc1ccc(P(=O)(c2ccc(C(F)(F)F)cc2F)c2ccc3ccc4cccc5ccc2c3c45)c(F)c1. The number of benzene rings is 6. The second kappa shape index (κ2) is 8.12. The van der Waals surface area contributed by atoms with Gasteiger partial charge in [0, 0.05) is 5.30 Å². The van der Waals surface area contributed by atoms with E-state index in [4.69, 9.17) is 0 Å². The maximum absolute atomic E-state index is 15.5. The Kier molecular flexibility index (Phi) is 5.19. The normalized spacial score (nSPS) is 14.0. The van der Waals surface area contributed by atoms with Crippen molar-refractivity contribution in [3.8, 4) is 0 Å². The fraction of sp³-hybridized carbons (Fsp3) is 0.0667. The zero-order valence-corrected chi connectivity index (χ0v) is 20.3. The minimum absolute atomic E-state index is 0.166. The second-order valence-electron chi connectivity index (χ2n) is 9.17. The van der Waals surface area contributed by atoms with Gasteiger partial charge in [0.2, 0.25) is 0 Å². The summed E-state index contributed by atoms with van der Waals surface area (Å²) in [7, 11) is -4.32. The third-order valence-corrected chi connectivity index (χ3v) is 10.1. The van der Waals surface area contributed by atoms with Crippen molar-refractivity contribution in [2.75, 3.05) is 0 Å². The van der Waals surface area contributed by atoms with Crippen molar-refractivity contribution in [3.63, 3.8) is 0 Å². The summed E-state index contributed by atoms with van der Waals surface area (Å²) in [5.41, 5.74) is -0.642. The molecule has 0 aromatic heterocycles. The van der Waals surface area contributed by atoms with Crippen molar-refractivity contribution in [1.29, 1.82) is 0 Å². The van der Waals surface area contributed by atoms with Gasteiger partial charge in [-0.25, -0.2) is 8.78 Å². The first-order valence-corrected chi connectivity index (χ1v) is 13.2. The van der Waals surface area contributed by atoms with Crippen LogP contribution in [0.4, 0.5) is 22.0 Å². The van der Waals surface area contributed by atoms with E-state index in [1.54, 1.807) is 31.2 Å². The van der Waals surface area contributed by atoms with Crippen LogP contribution in [-0.2, 0) is 10.7 Å². The zero-order valence-electron chi connectivity index (χ0n) is 19.4. The van der Waals surface area contributed by atoms with Gasteiger partial charge < -0.3 is 4.57 Å². The number of halogens is 5. The molecular formula is C30H18F5OP. The Labute approximate surface area is 208 Å². The van der Waals surface area contributed by atoms with Gasteiger partial charge in [-0.05, 0) is 81.2 Å². The molecule has 0 amide bonds. The molecule has 6 aromatic carbocycles. The summed E-state index contributed by atoms with van der Waals surface area (Å²) < 4.78 is 85.9. The lowest BCUT2D eigenvalue weighted by molar-refractivity contribution is -0.137. The van der Waals surface area contributed by atoms with E-state index >= 15 is 13.3 Å². The Hall–Kier alpha value is -3.76. The average Bonchev–Trinajstić information content (AvgIpc) is 2.86. The minimum atomic E-state index is -4.79. The molecule has 184 valence electrons. The van der Waals surface area contributed by atoms with E-state index < -0.39 is 35.8 Å². The van der Waals surface area contributed by atoms with Crippen LogP contribution in [0, 0.1) is 18.6 Å². The minimum Gasteiger partial charge on any atom is -0.308 e. The molecule has 1 nitrogen and oxygen atoms in total. The van der Waals surface area contributed by atoms with Crippen molar-refractivity contribution < 1.29 is 26.5 Å². The molecule has 0 aliphatic heterocycles. The Morgan fingerprint density at radius 1 is 0.622 bits per heavy atom. The van der Waals surface area contributed by atoms with Crippen molar-refractivity contribution in [2.24, 2.45) is 0 Å². The number of hydrogen-bond donors (Lipinski definition) is 0. The molecule has 6 rings (SSSR count). The molecule has 0 spiro atoms. The Morgan fingerprint density at radius 3 is 1.78 bits per heavy atom. The molecule has 0 bridgehead atoms. The van der Waals surface area contributed by atoms with E-state index in [2.05, 4.69) is 0 Å². The van der Waals surface area contributed by atoms with Crippen LogP contribution in [0.1, 0.15) is 11.1 Å². The predicted octanol–water partition coefficient (Wildman–Crippen LogP) is 7.83. The number of hydrogen-bond acceptors (Lipinski definition) is 1. The summed E-state index contributed by atoms with van der Waals surface area (Å²) in [5.74, 6) is -2.11. The first-order chi connectivity index (χ1) is 17.6. The van der Waals surface area contributed by atoms with Crippen LogP contribution in [-0.4, -0.2) is 0 Å². The lowest BCUT2D eigenvalue weighted by atomic mass is 9.94. The maximum Gasteiger partial charge on any atom is 0.416 e. The van der Waals surface area contributed by atoms with Crippen LogP contribution in [0.2, 0.25) is 0 Å². The fourth-order valence-corrected chi connectivity index (χ4v) is 8.08. The van der Waals surface area contributed by atoms with Crippen LogP contribution in [0.5, 0.6) is 0 Å². The molecule has 7 heteroatoms. The average molecular weight is 520 g/mol.